The quantitative estimate of drug-likeness (QED) is 0.220. The Bertz CT molecular complexity index is 287. The first kappa shape index (κ1) is 15.6. The van der Waals surface area contributed by atoms with E-state index in [1.54, 1.807) is 0 Å². The largest absolute Gasteiger partial charge is 1.00 e. The number of hydrogen-bond acceptors (Lipinski definition) is 5. The molecule has 13 heavy (non-hydrogen) atoms. The predicted octanol–water partition coefficient (Wildman–Crippen LogP) is -2.84. The van der Waals surface area contributed by atoms with E-state index in [2.05, 4.69) is 15.5 Å². The second kappa shape index (κ2) is 6.56. The fraction of sp³-hybridized carbons (Fsp3) is 0.500. The second-order valence-corrected chi connectivity index (χ2v) is 3.41. The van der Waals surface area contributed by atoms with Crippen LogP contribution < -0.4 is 29.6 Å². The molecule has 0 heterocycles. The van der Waals surface area contributed by atoms with Gasteiger partial charge in [0.05, 0.1) is 13.7 Å². The molecule has 0 bridgehead atoms. The molecule has 0 N–H and O–H groups in total. The van der Waals surface area contributed by atoms with Gasteiger partial charge in [-0.1, -0.05) is 6.58 Å². The molecule has 72 valence electrons. The van der Waals surface area contributed by atoms with Crippen LogP contribution in [-0.4, -0.2) is 28.1 Å². The number of methoxy groups -OCH3 is 1. The van der Waals surface area contributed by atoms with E-state index in [9.17, 15) is 13.2 Å². The Morgan fingerprint density at radius 3 is 2.31 bits per heavy atom. The van der Waals surface area contributed by atoms with Crippen molar-refractivity contribution in [2.45, 2.75) is 6.92 Å². The van der Waals surface area contributed by atoms with Gasteiger partial charge in [0.25, 0.3) is 0 Å². The minimum Gasteiger partial charge on any atom is -1.00 e. The third kappa shape index (κ3) is 4.78. The van der Waals surface area contributed by atoms with Gasteiger partial charge in [0.2, 0.25) is 0 Å². The summed E-state index contributed by atoms with van der Waals surface area (Å²) in [5.41, 5.74) is 0. The van der Waals surface area contributed by atoms with Crippen LogP contribution in [0.4, 0.5) is 0 Å². The molecular formula is C6H11NaO5S. The average molecular weight is 218 g/mol. The zero-order valence-corrected chi connectivity index (χ0v) is 10.7. The molecule has 0 rings (SSSR count). The van der Waals surface area contributed by atoms with Gasteiger partial charge in [-0.3, -0.25) is 4.18 Å². The number of hydrogen-bond donors (Lipinski definition) is 0. The van der Waals surface area contributed by atoms with E-state index in [4.69, 9.17) is 0 Å². The van der Waals surface area contributed by atoms with Crippen molar-refractivity contribution >= 4 is 16.1 Å². The SMILES string of the molecule is C=C(C(=O)OC)S(=O)(=O)OCC.[H-].[Na+]. The van der Waals surface area contributed by atoms with Crippen molar-refractivity contribution in [3.8, 4) is 0 Å². The van der Waals surface area contributed by atoms with Crippen molar-refractivity contribution in [2.75, 3.05) is 13.7 Å². The first-order valence-corrected chi connectivity index (χ1v) is 4.53. The van der Waals surface area contributed by atoms with Gasteiger partial charge >= 0.3 is 45.6 Å². The average Bonchev–Trinajstić information content (AvgIpc) is 2.01. The Morgan fingerprint density at radius 2 is 2.00 bits per heavy atom. The van der Waals surface area contributed by atoms with Gasteiger partial charge in [0.15, 0.2) is 4.91 Å². The van der Waals surface area contributed by atoms with Crippen LogP contribution in [0.1, 0.15) is 8.35 Å². The van der Waals surface area contributed by atoms with E-state index >= 15 is 0 Å². The monoisotopic (exact) mass is 218 g/mol. The smallest absolute Gasteiger partial charge is 1.00 e. The standard InChI is InChI=1S/C6H10O5S.Na.H/c1-4-11-12(8,9)5(2)6(7)10-3;;/h2,4H2,1,3H3;;/q;+1;-1. The number of ether oxygens (including phenoxy) is 1. The maximum absolute atomic E-state index is 10.9. The van der Waals surface area contributed by atoms with E-state index in [0.29, 0.717) is 0 Å². The van der Waals surface area contributed by atoms with E-state index in [0.717, 1.165) is 7.11 Å². The zero-order valence-electron chi connectivity index (χ0n) is 8.86. The summed E-state index contributed by atoms with van der Waals surface area (Å²) in [6.45, 7) is 4.47. The van der Waals surface area contributed by atoms with Crippen LogP contribution in [0.25, 0.3) is 0 Å². The van der Waals surface area contributed by atoms with Crippen LogP contribution in [0.3, 0.4) is 0 Å². The van der Waals surface area contributed by atoms with Crippen molar-refractivity contribution in [1.29, 1.82) is 0 Å². The van der Waals surface area contributed by atoms with Crippen LogP contribution in [-0.2, 0) is 23.8 Å². The number of esters is 1. The second-order valence-electron chi connectivity index (χ2n) is 1.78. The molecule has 0 aliphatic heterocycles. The van der Waals surface area contributed by atoms with Crippen LogP contribution in [0.5, 0.6) is 0 Å². The molecule has 0 saturated heterocycles. The third-order valence-corrected chi connectivity index (χ3v) is 2.30. The molecule has 0 amide bonds. The van der Waals surface area contributed by atoms with E-state index < -0.39 is 21.0 Å². The Hall–Kier alpha value is 0.120. The predicted molar refractivity (Wildman–Crippen MR) is 42.8 cm³/mol. The number of rotatable bonds is 4. The van der Waals surface area contributed by atoms with Crippen molar-refractivity contribution in [1.82, 2.24) is 0 Å². The van der Waals surface area contributed by atoms with Crippen LogP contribution in [0.2, 0.25) is 0 Å². The summed E-state index contributed by atoms with van der Waals surface area (Å²) >= 11 is 0. The van der Waals surface area contributed by atoms with Gasteiger partial charge in [0.1, 0.15) is 0 Å². The molecule has 0 spiro atoms. The summed E-state index contributed by atoms with van der Waals surface area (Å²) in [7, 11) is -2.93. The summed E-state index contributed by atoms with van der Waals surface area (Å²) in [4.78, 5) is 9.96. The van der Waals surface area contributed by atoms with Gasteiger partial charge in [-0.2, -0.15) is 8.42 Å². The zero-order chi connectivity index (χ0) is 9.78. The molecule has 0 aliphatic rings. The minimum absolute atomic E-state index is 0. The minimum atomic E-state index is -3.99. The maximum atomic E-state index is 10.9. The van der Waals surface area contributed by atoms with Crippen molar-refractivity contribution < 1.29 is 53.1 Å². The van der Waals surface area contributed by atoms with Gasteiger partial charge < -0.3 is 6.16 Å². The number of carbonyl (C=O) groups is 1. The Morgan fingerprint density at radius 1 is 1.54 bits per heavy atom. The summed E-state index contributed by atoms with van der Waals surface area (Å²) in [5.74, 6) is -1.01. The number of carbonyl (C=O) groups excluding carboxylic acids is 1. The Labute approximate surface area is 101 Å². The molecule has 0 unspecified atom stereocenters. The fourth-order valence-corrected chi connectivity index (χ4v) is 1.18. The molecular weight excluding hydrogens is 207 g/mol. The van der Waals surface area contributed by atoms with Crippen molar-refractivity contribution in [2.24, 2.45) is 0 Å². The fourth-order valence-electron chi connectivity index (χ4n) is 0.442. The van der Waals surface area contributed by atoms with Gasteiger partial charge in [-0.15, -0.1) is 0 Å². The Balaban J connectivity index is -0.000000605. The molecule has 0 aliphatic carbocycles. The molecule has 0 radical (unpaired) electrons. The van der Waals surface area contributed by atoms with Crippen molar-refractivity contribution in [3.05, 3.63) is 11.5 Å². The van der Waals surface area contributed by atoms with Crippen LogP contribution in [0.15, 0.2) is 11.5 Å². The normalized spacial score (nSPS) is 10.0. The molecule has 0 saturated carbocycles. The molecule has 0 aromatic carbocycles. The molecule has 0 fully saturated rings. The van der Waals surface area contributed by atoms with E-state index in [1.807, 2.05) is 0 Å². The van der Waals surface area contributed by atoms with Crippen LogP contribution >= 0.6 is 0 Å². The summed E-state index contributed by atoms with van der Waals surface area (Å²) in [6.07, 6.45) is 0. The summed E-state index contributed by atoms with van der Waals surface area (Å²) in [5, 5.41) is 0. The first-order chi connectivity index (χ1) is 5.45. The van der Waals surface area contributed by atoms with Gasteiger partial charge in [-0.05, 0) is 6.92 Å². The third-order valence-electron chi connectivity index (χ3n) is 0.988. The molecule has 7 heteroatoms. The molecule has 5 nitrogen and oxygen atoms in total. The maximum Gasteiger partial charge on any atom is 1.00 e. The molecule has 0 aromatic heterocycles. The first-order valence-electron chi connectivity index (χ1n) is 3.12. The van der Waals surface area contributed by atoms with Gasteiger partial charge in [0, 0.05) is 0 Å². The van der Waals surface area contributed by atoms with E-state index in [-0.39, 0.29) is 37.6 Å². The van der Waals surface area contributed by atoms with Gasteiger partial charge in [-0.25, -0.2) is 4.79 Å². The summed E-state index contributed by atoms with van der Waals surface area (Å²) in [6, 6.07) is 0. The molecule has 0 aromatic rings. The molecule has 0 atom stereocenters. The Kier molecular flexibility index (Phi) is 7.86. The topological polar surface area (TPSA) is 69.7 Å². The van der Waals surface area contributed by atoms with E-state index in [1.165, 1.54) is 6.92 Å². The summed E-state index contributed by atoms with van der Waals surface area (Å²) < 4.78 is 30.2. The van der Waals surface area contributed by atoms with Crippen molar-refractivity contribution in [3.63, 3.8) is 0 Å². The van der Waals surface area contributed by atoms with Crippen LogP contribution in [0, 0.1) is 0 Å².